The summed E-state index contributed by atoms with van der Waals surface area (Å²) in [5, 5.41) is 3.76. The van der Waals surface area contributed by atoms with E-state index in [0.717, 1.165) is 5.75 Å². The summed E-state index contributed by atoms with van der Waals surface area (Å²) in [5.74, 6) is 0.942. The van der Waals surface area contributed by atoms with Gasteiger partial charge in [-0.15, -0.1) is 0 Å². The van der Waals surface area contributed by atoms with Crippen LogP contribution in [-0.2, 0) is 0 Å². The third-order valence-electron chi connectivity index (χ3n) is 4.01. The van der Waals surface area contributed by atoms with E-state index in [9.17, 15) is 0 Å². The molecule has 0 aliphatic carbocycles. The quantitative estimate of drug-likeness (QED) is 0.917. The van der Waals surface area contributed by atoms with Crippen molar-refractivity contribution < 1.29 is 4.74 Å². The number of ether oxygens (including phenoxy) is 1. The molecule has 0 bridgehead atoms. The predicted octanol–water partition coefficient (Wildman–Crippen LogP) is 3.61. The van der Waals surface area contributed by atoms with Gasteiger partial charge in [0.15, 0.2) is 0 Å². The van der Waals surface area contributed by atoms with Crippen LogP contribution >= 0.6 is 0 Å². The van der Waals surface area contributed by atoms with Crippen molar-refractivity contribution in [1.29, 1.82) is 0 Å². The second kappa shape index (κ2) is 6.80. The van der Waals surface area contributed by atoms with E-state index >= 15 is 0 Å². The first kappa shape index (κ1) is 16.3. The molecule has 2 rings (SSSR count). The molecule has 0 unspecified atom stereocenters. The fourth-order valence-corrected chi connectivity index (χ4v) is 2.80. The summed E-state index contributed by atoms with van der Waals surface area (Å²) in [6.45, 7) is 10.9. The first-order valence-corrected chi connectivity index (χ1v) is 8.07. The number of nitrogens with zero attached hydrogens (tertiary/aromatic N) is 1. The normalized spacial score (nSPS) is 19.5. The molecule has 118 valence electrons. The summed E-state index contributed by atoms with van der Waals surface area (Å²) < 4.78 is 5.87. The van der Waals surface area contributed by atoms with Gasteiger partial charge in [0.1, 0.15) is 11.4 Å². The van der Waals surface area contributed by atoms with Gasteiger partial charge in [-0.1, -0.05) is 12.1 Å². The average Bonchev–Trinajstić information content (AvgIpc) is 2.40. The molecule has 0 saturated carbocycles. The number of hydrogen-bond acceptors (Lipinski definition) is 3. The Hall–Kier alpha value is -1.06. The Morgan fingerprint density at radius 3 is 2.24 bits per heavy atom. The molecule has 1 aliphatic rings. The third-order valence-corrected chi connectivity index (χ3v) is 4.01. The van der Waals surface area contributed by atoms with Gasteiger partial charge in [0.25, 0.3) is 0 Å². The lowest BCUT2D eigenvalue weighted by Crippen LogP contribution is -2.41. The lowest BCUT2D eigenvalue weighted by Gasteiger charge is -2.31. The number of piperidine rings is 1. The highest BCUT2D eigenvalue weighted by atomic mass is 16.5. The van der Waals surface area contributed by atoms with Crippen LogP contribution in [0.1, 0.15) is 52.1 Å². The first-order valence-electron chi connectivity index (χ1n) is 8.07. The molecule has 1 N–H and O–H groups in total. The monoisotopic (exact) mass is 290 g/mol. The highest BCUT2D eigenvalue weighted by Crippen LogP contribution is 2.22. The molecule has 0 radical (unpaired) electrons. The topological polar surface area (TPSA) is 24.5 Å². The van der Waals surface area contributed by atoms with Crippen molar-refractivity contribution in [2.75, 3.05) is 20.1 Å². The van der Waals surface area contributed by atoms with Crippen molar-refractivity contribution in [3.63, 3.8) is 0 Å². The zero-order valence-corrected chi connectivity index (χ0v) is 14.1. The zero-order valence-electron chi connectivity index (χ0n) is 14.1. The maximum Gasteiger partial charge on any atom is 0.120 e. The van der Waals surface area contributed by atoms with Gasteiger partial charge in [0, 0.05) is 12.1 Å². The van der Waals surface area contributed by atoms with Crippen LogP contribution in [0.3, 0.4) is 0 Å². The summed E-state index contributed by atoms with van der Waals surface area (Å²) in [6.07, 6.45) is 2.48. The van der Waals surface area contributed by atoms with Crippen molar-refractivity contribution in [3.05, 3.63) is 29.8 Å². The Bertz CT molecular complexity index is 428. The number of likely N-dealkylation sites (tertiary alicyclic amines) is 1. The minimum Gasteiger partial charge on any atom is -0.488 e. The van der Waals surface area contributed by atoms with Crippen molar-refractivity contribution in [1.82, 2.24) is 10.2 Å². The van der Waals surface area contributed by atoms with Crippen LogP contribution in [0.15, 0.2) is 24.3 Å². The molecular formula is C18H30N2O. The molecule has 1 fully saturated rings. The minimum atomic E-state index is -0.139. The summed E-state index contributed by atoms with van der Waals surface area (Å²) >= 11 is 0. The number of nitrogens with one attached hydrogen (secondary N) is 1. The van der Waals surface area contributed by atoms with E-state index < -0.39 is 0 Å². The molecule has 1 atom stereocenters. The van der Waals surface area contributed by atoms with Gasteiger partial charge in [-0.25, -0.2) is 0 Å². The van der Waals surface area contributed by atoms with E-state index in [1.807, 2.05) is 0 Å². The van der Waals surface area contributed by atoms with Gasteiger partial charge in [-0.05, 0) is 78.4 Å². The molecule has 1 saturated heterocycles. The summed E-state index contributed by atoms with van der Waals surface area (Å²) in [6, 6.07) is 9.53. The summed E-state index contributed by atoms with van der Waals surface area (Å²) in [7, 11) is 2.20. The predicted molar refractivity (Wildman–Crippen MR) is 88.9 cm³/mol. The second-order valence-corrected chi connectivity index (χ2v) is 7.25. The van der Waals surface area contributed by atoms with Crippen LogP contribution in [0.4, 0.5) is 0 Å². The van der Waals surface area contributed by atoms with Crippen LogP contribution in [0.25, 0.3) is 0 Å². The second-order valence-electron chi connectivity index (χ2n) is 7.25. The SMILES string of the molecule is C[C@@H](NC1CCN(C)CC1)c1ccc(OC(C)(C)C)cc1. The standard InChI is InChI=1S/C18H30N2O/c1-14(19-16-10-12-20(5)13-11-16)15-6-8-17(9-7-15)21-18(2,3)4/h6-9,14,16,19H,10-13H2,1-5H3/t14-/m1/s1. The van der Waals surface area contributed by atoms with Crippen LogP contribution in [0.2, 0.25) is 0 Å². The molecule has 1 aliphatic heterocycles. The van der Waals surface area contributed by atoms with Gasteiger partial charge in [-0.2, -0.15) is 0 Å². The zero-order chi connectivity index (χ0) is 15.5. The van der Waals surface area contributed by atoms with E-state index in [2.05, 4.69) is 69.2 Å². The molecule has 0 aromatic heterocycles. The van der Waals surface area contributed by atoms with E-state index in [0.29, 0.717) is 12.1 Å². The average molecular weight is 290 g/mol. The Kier molecular flexibility index (Phi) is 5.28. The van der Waals surface area contributed by atoms with Crippen LogP contribution in [-0.4, -0.2) is 36.7 Å². The first-order chi connectivity index (χ1) is 9.83. The van der Waals surface area contributed by atoms with Gasteiger partial charge in [-0.3, -0.25) is 0 Å². The molecular weight excluding hydrogens is 260 g/mol. The largest absolute Gasteiger partial charge is 0.488 e. The van der Waals surface area contributed by atoms with E-state index in [-0.39, 0.29) is 5.60 Å². The van der Waals surface area contributed by atoms with Crippen LogP contribution in [0, 0.1) is 0 Å². The summed E-state index contributed by atoms with van der Waals surface area (Å²) in [5.41, 5.74) is 1.19. The Morgan fingerprint density at radius 1 is 1.14 bits per heavy atom. The van der Waals surface area contributed by atoms with Crippen molar-refractivity contribution in [3.8, 4) is 5.75 Å². The van der Waals surface area contributed by atoms with E-state index in [1.54, 1.807) is 0 Å². The Morgan fingerprint density at radius 2 is 1.71 bits per heavy atom. The lowest BCUT2D eigenvalue weighted by atomic mass is 10.0. The highest BCUT2D eigenvalue weighted by molar-refractivity contribution is 5.29. The van der Waals surface area contributed by atoms with Gasteiger partial charge < -0.3 is 15.0 Å². The maximum absolute atomic E-state index is 5.87. The van der Waals surface area contributed by atoms with Gasteiger partial charge >= 0.3 is 0 Å². The molecule has 0 spiro atoms. The lowest BCUT2D eigenvalue weighted by molar-refractivity contribution is 0.131. The minimum absolute atomic E-state index is 0.139. The smallest absolute Gasteiger partial charge is 0.120 e. The summed E-state index contributed by atoms with van der Waals surface area (Å²) in [4.78, 5) is 2.40. The van der Waals surface area contributed by atoms with Crippen LogP contribution in [0.5, 0.6) is 5.75 Å². The molecule has 1 heterocycles. The fourth-order valence-electron chi connectivity index (χ4n) is 2.80. The number of benzene rings is 1. The van der Waals surface area contributed by atoms with Crippen molar-refractivity contribution in [2.45, 2.75) is 58.2 Å². The van der Waals surface area contributed by atoms with E-state index in [1.165, 1.54) is 31.5 Å². The van der Waals surface area contributed by atoms with Crippen molar-refractivity contribution >= 4 is 0 Å². The molecule has 1 aromatic carbocycles. The third kappa shape index (κ3) is 5.33. The molecule has 3 nitrogen and oxygen atoms in total. The molecule has 0 amide bonds. The fraction of sp³-hybridized carbons (Fsp3) is 0.667. The molecule has 21 heavy (non-hydrogen) atoms. The van der Waals surface area contributed by atoms with Gasteiger partial charge in [0.2, 0.25) is 0 Å². The van der Waals surface area contributed by atoms with Gasteiger partial charge in [0.05, 0.1) is 0 Å². The number of hydrogen-bond donors (Lipinski definition) is 1. The van der Waals surface area contributed by atoms with Crippen molar-refractivity contribution in [2.24, 2.45) is 0 Å². The van der Waals surface area contributed by atoms with Crippen LogP contribution < -0.4 is 10.1 Å². The molecule has 1 aromatic rings. The maximum atomic E-state index is 5.87. The highest BCUT2D eigenvalue weighted by Gasteiger charge is 2.19. The molecule has 3 heteroatoms. The van der Waals surface area contributed by atoms with E-state index in [4.69, 9.17) is 4.74 Å². The Labute approximate surface area is 129 Å². The number of rotatable bonds is 4. The Balaban J connectivity index is 1.89.